The molecule has 0 aliphatic carbocycles. The monoisotopic (exact) mass is 225 g/mol. The van der Waals surface area contributed by atoms with E-state index in [4.69, 9.17) is 10.8 Å². The average molecular weight is 225 g/mol. The summed E-state index contributed by atoms with van der Waals surface area (Å²) in [6.45, 7) is 2.30. The molecule has 0 atom stereocenters. The number of aliphatic hydroxyl groups excluding tert-OH is 1. The Hall–Kier alpha value is -1.47. The van der Waals surface area contributed by atoms with E-state index in [0.29, 0.717) is 17.4 Å². The fraction of sp³-hybridized carbons (Fsp3) is 0.375. The van der Waals surface area contributed by atoms with Crippen molar-refractivity contribution in [3.63, 3.8) is 0 Å². The van der Waals surface area contributed by atoms with E-state index in [1.54, 1.807) is 4.68 Å². The zero-order chi connectivity index (χ0) is 10.8. The minimum absolute atomic E-state index is 0.0922. The lowest BCUT2D eigenvalue weighted by atomic mass is 10.3. The Morgan fingerprint density at radius 1 is 1.60 bits per heavy atom. The summed E-state index contributed by atoms with van der Waals surface area (Å²) in [7, 11) is 0. The largest absolute Gasteiger partial charge is 0.390 e. The average Bonchev–Trinajstić information content (AvgIpc) is 2.76. The first-order valence-electron chi connectivity index (χ1n) is 4.40. The summed E-state index contributed by atoms with van der Waals surface area (Å²) in [4.78, 5) is 4.13. The zero-order valence-corrected chi connectivity index (χ0v) is 9.03. The summed E-state index contributed by atoms with van der Waals surface area (Å²) < 4.78 is 1.69. The minimum Gasteiger partial charge on any atom is -0.390 e. The van der Waals surface area contributed by atoms with E-state index in [2.05, 4.69) is 15.3 Å². The Labute approximate surface area is 90.4 Å². The van der Waals surface area contributed by atoms with Crippen molar-refractivity contribution < 1.29 is 5.11 Å². The van der Waals surface area contributed by atoms with Crippen molar-refractivity contribution in [2.24, 2.45) is 0 Å². The highest BCUT2D eigenvalue weighted by atomic mass is 32.1. The highest BCUT2D eigenvalue weighted by Crippen LogP contribution is 2.13. The Balaban J connectivity index is 2.21. The molecule has 2 aromatic heterocycles. The molecule has 2 heterocycles. The second-order valence-electron chi connectivity index (χ2n) is 3.11. The first-order chi connectivity index (χ1) is 7.20. The third kappa shape index (κ3) is 1.97. The molecule has 80 valence electrons. The van der Waals surface area contributed by atoms with E-state index >= 15 is 0 Å². The topological polar surface area (TPSA) is 89.9 Å². The van der Waals surface area contributed by atoms with Gasteiger partial charge in [-0.1, -0.05) is 5.21 Å². The van der Waals surface area contributed by atoms with E-state index in [1.807, 2.05) is 12.3 Å². The van der Waals surface area contributed by atoms with Crippen molar-refractivity contribution in [2.45, 2.75) is 20.1 Å². The van der Waals surface area contributed by atoms with Gasteiger partial charge in [0.2, 0.25) is 0 Å². The van der Waals surface area contributed by atoms with Crippen LogP contribution in [0.4, 0.5) is 5.13 Å². The Morgan fingerprint density at radius 2 is 2.40 bits per heavy atom. The molecule has 3 N–H and O–H groups in total. The van der Waals surface area contributed by atoms with Crippen molar-refractivity contribution in [3.8, 4) is 0 Å². The van der Waals surface area contributed by atoms with Gasteiger partial charge in [-0.05, 0) is 6.92 Å². The number of nitrogen functional groups attached to an aromatic ring is 1. The van der Waals surface area contributed by atoms with Gasteiger partial charge in [-0.2, -0.15) is 0 Å². The van der Waals surface area contributed by atoms with Gasteiger partial charge in [0.25, 0.3) is 0 Å². The molecule has 0 spiro atoms. The highest BCUT2D eigenvalue weighted by molar-refractivity contribution is 7.13. The molecule has 0 amide bonds. The van der Waals surface area contributed by atoms with Crippen molar-refractivity contribution >= 4 is 16.5 Å². The maximum Gasteiger partial charge on any atom is 0.180 e. The minimum atomic E-state index is -0.0922. The second kappa shape index (κ2) is 3.95. The molecular formula is C8H11N5OS. The first-order valence-corrected chi connectivity index (χ1v) is 5.28. The van der Waals surface area contributed by atoms with Crippen LogP contribution in [-0.2, 0) is 13.2 Å². The van der Waals surface area contributed by atoms with Gasteiger partial charge in [0.1, 0.15) is 5.69 Å². The van der Waals surface area contributed by atoms with Crippen LogP contribution in [0.5, 0.6) is 0 Å². The van der Waals surface area contributed by atoms with E-state index in [0.717, 1.165) is 11.4 Å². The molecule has 0 bridgehead atoms. The van der Waals surface area contributed by atoms with Crippen LogP contribution in [-0.4, -0.2) is 25.1 Å². The van der Waals surface area contributed by atoms with Crippen molar-refractivity contribution in [2.75, 3.05) is 5.73 Å². The number of nitrogens with two attached hydrogens (primary N) is 1. The molecule has 0 aliphatic rings. The van der Waals surface area contributed by atoms with Crippen LogP contribution in [0, 0.1) is 6.92 Å². The van der Waals surface area contributed by atoms with Crippen molar-refractivity contribution in [3.05, 3.63) is 22.5 Å². The lowest BCUT2D eigenvalue weighted by Crippen LogP contribution is -2.04. The summed E-state index contributed by atoms with van der Waals surface area (Å²) in [6, 6.07) is 0. The van der Waals surface area contributed by atoms with Crippen LogP contribution in [0.1, 0.15) is 17.1 Å². The van der Waals surface area contributed by atoms with Crippen LogP contribution in [0.25, 0.3) is 0 Å². The lowest BCUT2D eigenvalue weighted by Gasteiger charge is -1.99. The van der Waals surface area contributed by atoms with Crippen LogP contribution in [0.2, 0.25) is 0 Å². The van der Waals surface area contributed by atoms with Crippen molar-refractivity contribution in [1.82, 2.24) is 20.0 Å². The molecular weight excluding hydrogens is 214 g/mol. The van der Waals surface area contributed by atoms with Crippen LogP contribution >= 0.6 is 11.3 Å². The molecule has 0 saturated heterocycles. The number of rotatable bonds is 3. The molecule has 6 nitrogen and oxygen atoms in total. The normalized spacial score (nSPS) is 10.8. The molecule has 0 aromatic carbocycles. The van der Waals surface area contributed by atoms with Gasteiger partial charge in [0.05, 0.1) is 24.5 Å². The number of aromatic nitrogens is 4. The van der Waals surface area contributed by atoms with Gasteiger partial charge < -0.3 is 10.8 Å². The molecule has 15 heavy (non-hydrogen) atoms. The molecule has 2 rings (SSSR count). The van der Waals surface area contributed by atoms with Gasteiger partial charge in [-0.25, -0.2) is 9.67 Å². The third-order valence-corrected chi connectivity index (χ3v) is 2.83. The number of nitrogens with zero attached hydrogens (tertiary/aromatic N) is 4. The first kappa shape index (κ1) is 10.1. The van der Waals surface area contributed by atoms with Gasteiger partial charge in [0.15, 0.2) is 5.13 Å². The lowest BCUT2D eigenvalue weighted by molar-refractivity contribution is 0.276. The molecule has 0 aliphatic heterocycles. The summed E-state index contributed by atoms with van der Waals surface area (Å²) in [6.07, 6.45) is 0. The fourth-order valence-electron chi connectivity index (χ4n) is 1.24. The Bertz CT molecular complexity index is 463. The molecule has 0 fully saturated rings. The number of thiazole rings is 1. The summed E-state index contributed by atoms with van der Waals surface area (Å²) in [5, 5.41) is 19.1. The second-order valence-corrected chi connectivity index (χ2v) is 4.00. The summed E-state index contributed by atoms with van der Waals surface area (Å²) >= 11 is 1.40. The van der Waals surface area contributed by atoms with Gasteiger partial charge >= 0.3 is 0 Å². The Kier molecular flexibility index (Phi) is 2.65. The number of hydrogen-bond acceptors (Lipinski definition) is 6. The molecule has 2 aromatic rings. The standard InChI is InChI=1S/C8H11N5OS/c1-5-7(3-14)11-12-13(5)2-6-4-15-8(9)10-6/h4,14H,2-3H2,1H3,(H2,9,10). The molecule has 7 heteroatoms. The van der Waals surface area contributed by atoms with E-state index in [9.17, 15) is 0 Å². The number of hydrogen-bond donors (Lipinski definition) is 2. The fourth-order valence-corrected chi connectivity index (χ4v) is 1.80. The van der Waals surface area contributed by atoms with Gasteiger partial charge in [0, 0.05) is 5.38 Å². The van der Waals surface area contributed by atoms with Crippen LogP contribution < -0.4 is 5.73 Å². The molecule has 0 saturated carbocycles. The van der Waals surface area contributed by atoms with E-state index in [1.165, 1.54) is 11.3 Å². The SMILES string of the molecule is Cc1c(CO)nnn1Cc1csc(N)n1. The Morgan fingerprint density at radius 3 is 2.93 bits per heavy atom. The quantitative estimate of drug-likeness (QED) is 0.777. The van der Waals surface area contributed by atoms with E-state index < -0.39 is 0 Å². The zero-order valence-electron chi connectivity index (χ0n) is 8.21. The number of anilines is 1. The maximum absolute atomic E-state index is 8.95. The third-order valence-electron chi connectivity index (χ3n) is 2.11. The number of aliphatic hydroxyl groups is 1. The predicted octanol–water partition coefficient (Wildman–Crippen LogP) is 0.166. The van der Waals surface area contributed by atoms with E-state index in [-0.39, 0.29) is 6.61 Å². The van der Waals surface area contributed by atoms with Crippen molar-refractivity contribution in [1.29, 1.82) is 0 Å². The summed E-state index contributed by atoms with van der Waals surface area (Å²) in [5.41, 5.74) is 7.83. The van der Waals surface area contributed by atoms with Crippen LogP contribution in [0.3, 0.4) is 0 Å². The maximum atomic E-state index is 8.95. The molecule has 0 radical (unpaired) electrons. The van der Waals surface area contributed by atoms with Gasteiger partial charge in [-0.15, -0.1) is 16.4 Å². The van der Waals surface area contributed by atoms with Gasteiger partial charge in [-0.3, -0.25) is 0 Å². The predicted molar refractivity (Wildman–Crippen MR) is 56.3 cm³/mol. The summed E-state index contributed by atoms with van der Waals surface area (Å²) in [5.74, 6) is 0. The highest BCUT2D eigenvalue weighted by Gasteiger charge is 2.08. The van der Waals surface area contributed by atoms with Crippen LogP contribution in [0.15, 0.2) is 5.38 Å². The molecule has 0 unspecified atom stereocenters. The smallest absolute Gasteiger partial charge is 0.180 e.